The Balaban J connectivity index is 2.34. The number of hydrogen-bond donors (Lipinski definition) is 1. The molecule has 6 heteroatoms. The summed E-state index contributed by atoms with van der Waals surface area (Å²) in [4.78, 5) is 29.6. The third-order valence-corrected chi connectivity index (χ3v) is 5.49. The van der Waals surface area contributed by atoms with Crippen molar-refractivity contribution in [1.29, 1.82) is 0 Å². The molecule has 0 aliphatic heterocycles. The lowest BCUT2D eigenvalue weighted by molar-refractivity contribution is -0.138. The molecule has 2 aromatic carbocycles. The fraction of sp³-hybridized carbons (Fsp3) is 0.440. The van der Waals surface area contributed by atoms with Crippen LogP contribution in [0.25, 0.3) is 0 Å². The van der Waals surface area contributed by atoms with Crippen molar-refractivity contribution in [2.45, 2.75) is 53.1 Å². The van der Waals surface area contributed by atoms with Crippen LogP contribution in [0.2, 0.25) is 0 Å². The van der Waals surface area contributed by atoms with E-state index in [0.717, 1.165) is 24.1 Å². The van der Waals surface area contributed by atoms with Gasteiger partial charge in [0.15, 0.2) is 0 Å². The number of nitrogens with one attached hydrogen (secondary N) is 1. The SMILES string of the molecule is CCC(CC)C(=O)N(Cc1cc(NC(=O)c2cccc(F)c2)ccc1N(C)C)C(C)C. The highest BCUT2D eigenvalue weighted by molar-refractivity contribution is 6.04. The van der Waals surface area contributed by atoms with Crippen LogP contribution < -0.4 is 10.2 Å². The number of benzene rings is 2. The molecule has 0 radical (unpaired) electrons. The van der Waals surface area contributed by atoms with Gasteiger partial charge in [0.25, 0.3) is 5.91 Å². The van der Waals surface area contributed by atoms with E-state index in [9.17, 15) is 14.0 Å². The molecule has 0 aliphatic rings. The quantitative estimate of drug-likeness (QED) is 0.589. The largest absolute Gasteiger partial charge is 0.377 e. The summed E-state index contributed by atoms with van der Waals surface area (Å²) in [7, 11) is 3.90. The Kier molecular flexibility index (Phi) is 8.60. The van der Waals surface area contributed by atoms with Crippen LogP contribution in [0.1, 0.15) is 56.5 Å². The van der Waals surface area contributed by atoms with Gasteiger partial charge < -0.3 is 15.1 Å². The molecule has 0 saturated carbocycles. The Bertz CT molecular complexity index is 907. The Hall–Kier alpha value is -2.89. The molecule has 1 N–H and O–H groups in total. The molecule has 2 amide bonds. The maximum absolute atomic E-state index is 13.5. The lowest BCUT2D eigenvalue weighted by Crippen LogP contribution is -2.40. The van der Waals surface area contributed by atoms with Crippen LogP contribution in [0.5, 0.6) is 0 Å². The van der Waals surface area contributed by atoms with Gasteiger partial charge in [-0.3, -0.25) is 9.59 Å². The van der Waals surface area contributed by atoms with E-state index >= 15 is 0 Å². The molecule has 0 saturated heterocycles. The zero-order chi connectivity index (χ0) is 23.1. The number of anilines is 2. The number of nitrogens with zero attached hydrogens (tertiary/aromatic N) is 2. The fourth-order valence-corrected chi connectivity index (χ4v) is 3.63. The summed E-state index contributed by atoms with van der Waals surface area (Å²) in [6.45, 7) is 8.57. The van der Waals surface area contributed by atoms with E-state index in [1.807, 2.05) is 69.8 Å². The standard InChI is InChI=1S/C25H34FN3O2/c1-7-18(8-2)25(31)29(17(3)4)16-20-15-22(12-13-23(20)28(5)6)27-24(30)19-10-9-11-21(26)14-19/h9-15,17-18H,7-8,16H2,1-6H3,(H,27,30). The molecule has 0 heterocycles. The topological polar surface area (TPSA) is 52.7 Å². The zero-order valence-corrected chi connectivity index (χ0v) is 19.4. The molecule has 0 spiro atoms. The molecule has 31 heavy (non-hydrogen) atoms. The summed E-state index contributed by atoms with van der Waals surface area (Å²) in [6.07, 6.45) is 1.62. The van der Waals surface area contributed by atoms with E-state index in [1.165, 1.54) is 18.2 Å². The van der Waals surface area contributed by atoms with Gasteiger partial charge in [0.1, 0.15) is 5.82 Å². The number of amides is 2. The van der Waals surface area contributed by atoms with E-state index < -0.39 is 5.82 Å². The number of carbonyl (C=O) groups is 2. The average molecular weight is 428 g/mol. The molecule has 0 bridgehead atoms. The summed E-state index contributed by atoms with van der Waals surface area (Å²) < 4.78 is 13.5. The van der Waals surface area contributed by atoms with Crippen LogP contribution in [-0.4, -0.2) is 36.9 Å². The van der Waals surface area contributed by atoms with Gasteiger partial charge in [0.05, 0.1) is 0 Å². The van der Waals surface area contributed by atoms with Crippen molar-refractivity contribution >= 4 is 23.2 Å². The Morgan fingerprint density at radius 2 is 1.71 bits per heavy atom. The van der Waals surface area contributed by atoms with Gasteiger partial charge in [-0.25, -0.2) is 4.39 Å². The summed E-state index contributed by atoms with van der Waals surface area (Å²) in [5, 5.41) is 2.84. The van der Waals surface area contributed by atoms with Crippen LogP contribution >= 0.6 is 0 Å². The van der Waals surface area contributed by atoms with Crippen LogP contribution in [-0.2, 0) is 11.3 Å². The number of halogens is 1. The molecule has 0 atom stereocenters. The van der Waals surface area contributed by atoms with Gasteiger partial charge in [-0.2, -0.15) is 0 Å². The minimum Gasteiger partial charge on any atom is -0.377 e. The van der Waals surface area contributed by atoms with Crippen molar-refractivity contribution in [2.75, 3.05) is 24.3 Å². The zero-order valence-electron chi connectivity index (χ0n) is 19.4. The molecule has 2 rings (SSSR count). The van der Waals surface area contributed by atoms with Gasteiger partial charge in [-0.05, 0) is 68.7 Å². The number of carbonyl (C=O) groups excluding carboxylic acids is 2. The lowest BCUT2D eigenvalue weighted by atomic mass is 10.00. The van der Waals surface area contributed by atoms with Crippen LogP contribution in [0.4, 0.5) is 15.8 Å². The second-order valence-corrected chi connectivity index (χ2v) is 8.28. The van der Waals surface area contributed by atoms with Crippen LogP contribution in [0.15, 0.2) is 42.5 Å². The van der Waals surface area contributed by atoms with Crippen molar-refractivity contribution < 1.29 is 14.0 Å². The molecule has 0 fully saturated rings. The van der Waals surface area contributed by atoms with Gasteiger partial charge in [-0.15, -0.1) is 0 Å². The predicted molar refractivity (Wildman–Crippen MR) is 125 cm³/mol. The minimum absolute atomic E-state index is 0.000989. The number of hydrogen-bond acceptors (Lipinski definition) is 3. The van der Waals surface area contributed by atoms with Crippen molar-refractivity contribution in [3.63, 3.8) is 0 Å². The monoisotopic (exact) mass is 427 g/mol. The first-order valence-electron chi connectivity index (χ1n) is 10.9. The van der Waals surface area contributed by atoms with E-state index in [4.69, 9.17) is 0 Å². The van der Waals surface area contributed by atoms with E-state index in [2.05, 4.69) is 5.32 Å². The van der Waals surface area contributed by atoms with E-state index in [-0.39, 0.29) is 29.3 Å². The van der Waals surface area contributed by atoms with Gasteiger partial charge in [0, 0.05) is 49.5 Å². The minimum atomic E-state index is -0.455. The fourth-order valence-electron chi connectivity index (χ4n) is 3.63. The second-order valence-electron chi connectivity index (χ2n) is 8.28. The molecule has 0 aliphatic carbocycles. The Morgan fingerprint density at radius 3 is 2.26 bits per heavy atom. The molecule has 168 valence electrons. The Morgan fingerprint density at radius 1 is 1.03 bits per heavy atom. The highest BCUT2D eigenvalue weighted by Gasteiger charge is 2.25. The van der Waals surface area contributed by atoms with E-state index in [0.29, 0.717) is 12.2 Å². The first-order valence-corrected chi connectivity index (χ1v) is 10.9. The average Bonchev–Trinajstić information content (AvgIpc) is 2.72. The highest BCUT2D eigenvalue weighted by Crippen LogP contribution is 2.27. The molecule has 2 aromatic rings. The molecular weight excluding hydrogens is 393 g/mol. The summed E-state index contributed by atoms with van der Waals surface area (Å²) >= 11 is 0. The van der Waals surface area contributed by atoms with Gasteiger partial charge >= 0.3 is 0 Å². The molecule has 0 aromatic heterocycles. The smallest absolute Gasteiger partial charge is 0.255 e. The van der Waals surface area contributed by atoms with Gasteiger partial charge in [0.2, 0.25) is 5.91 Å². The third-order valence-electron chi connectivity index (χ3n) is 5.49. The number of rotatable bonds is 9. The van der Waals surface area contributed by atoms with Gasteiger partial charge in [-0.1, -0.05) is 19.9 Å². The lowest BCUT2D eigenvalue weighted by Gasteiger charge is -2.32. The highest BCUT2D eigenvalue weighted by atomic mass is 19.1. The van der Waals surface area contributed by atoms with Crippen LogP contribution in [0, 0.1) is 11.7 Å². The summed E-state index contributed by atoms with van der Waals surface area (Å²) in [5.74, 6) is -0.680. The summed E-state index contributed by atoms with van der Waals surface area (Å²) in [5.41, 5.74) is 2.78. The van der Waals surface area contributed by atoms with Crippen LogP contribution in [0.3, 0.4) is 0 Å². The maximum atomic E-state index is 13.5. The van der Waals surface area contributed by atoms with Crippen molar-refractivity contribution in [1.82, 2.24) is 4.90 Å². The van der Waals surface area contributed by atoms with E-state index in [1.54, 1.807) is 6.07 Å². The van der Waals surface area contributed by atoms with Crippen molar-refractivity contribution in [3.05, 3.63) is 59.4 Å². The predicted octanol–water partition coefficient (Wildman–Crippen LogP) is 5.32. The van der Waals surface area contributed by atoms with Crippen molar-refractivity contribution in [2.24, 2.45) is 5.92 Å². The molecular formula is C25H34FN3O2. The first-order chi connectivity index (χ1) is 14.7. The molecule has 0 unspecified atom stereocenters. The maximum Gasteiger partial charge on any atom is 0.255 e. The normalized spacial score (nSPS) is 11.0. The third kappa shape index (κ3) is 6.29. The molecule has 5 nitrogen and oxygen atoms in total. The Labute approximate surface area is 185 Å². The summed E-state index contributed by atoms with van der Waals surface area (Å²) in [6, 6.07) is 11.3. The first kappa shape index (κ1) is 24.4. The van der Waals surface area contributed by atoms with Crippen molar-refractivity contribution in [3.8, 4) is 0 Å². The second kappa shape index (κ2) is 10.9.